The van der Waals surface area contributed by atoms with Crippen molar-refractivity contribution in [3.63, 3.8) is 0 Å². The summed E-state index contributed by atoms with van der Waals surface area (Å²) in [5.41, 5.74) is 0.302. The average Bonchev–Trinajstić information content (AvgIpc) is 2.97. The first kappa shape index (κ1) is 17.7. The molecule has 1 aromatic carbocycles. The van der Waals surface area contributed by atoms with Crippen molar-refractivity contribution in [2.45, 2.75) is 23.8 Å². The van der Waals surface area contributed by atoms with E-state index in [4.69, 9.17) is 0 Å². The number of thioether (sulfide) groups is 1. The second-order valence-electron chi connectivity index (χ2n) is 4.65. The zero-order valence-corrected chi connectivity index (χ0v) is 13.3. The Bertz CT molecular complexity index is 521. The van der Waals surface area contributed by atoms with Crippen LogP contribution in [0.4, 0.5) is 5.69 Å². The van der Waals surface area contributed by atoms with Crippen LogP contribution in [0.1, 0.15) is 23.2 Å². The quantitative estimate of drug-likeness (QED) is 0.491. The number of nitrogens with zero attached hydrogens (tertiary/aromatic N) is 1. The van der Waals surface area contributed by atoms with Gasteiger partial charge < -0.3 is 10.6 Å². The molecule has 0 bridgehead atoms. The first-order valence-corrected chi connectivity index (χ1v) is 7.68. The molecule has 6 nitrogen and oxygen atoms in total. The number of nitrogens with one attached hydrogen (secondary N) is 2. The topological polar surface area (TPSA) is 84.3 Å². The molecule has 2 N–H and O–H groups in total. The number of rotatable bonds is 5. The lowest BCUT2D eigenvalue weighted by Gasteiger charge is -2.11. The second-order valence-corrected chi connectivity index (χ2v) is 5.50. The maximum atomic E-state index is 12.0. The Morgan fingerprint density at radius 1 is 1.57 bits per heavy atom. The molecule has 116 valence electrons. The first-order chi connectivity index (χ1) is 9.61. The van der Waals surface area contributed by atoms with Crippen LogP contribution in [0.25, 0.3) is 0 Å². The van der Waals surface area contributed by atoms with E-state index >= 15 is 0 Å². The molecule has 2 rings (SSSR count). The van der Waals surface area contributed by atoms with E-state index < -0.39 is 4.92 Å². The summed E-state index contributed by atoms with van der Waals surface area (Å²) in [7, 11) is 0. The summed E-state index contributed by atoms with van der Waals surface area (Å²) in [6, 6.07) is 4.88. The molecule has 1 fully saturated rings. The summed E-state index contributed by atoms with van der Waals surface area (Å²) in [5.74, 6) is -0.269. The average molecular weight is 332 g/mol. The van der Waals surface area contributed by atoms with Gasteiger partial charge in [-0.15, -0.1) is 24.2 Å². The number of carbonyl (C=O) groups excluding carboxylic acids is 1. The van der Waals surface area contributed by atoms with E-state index in [1.807, 2.05) is 0 Å². The number of halogens is 1. The molecule has 1 saturated heterocycles. The van der Waals surface area contributed by atoms with Crippen LogP contribution in [0, 0.1) is 10.1 Å². The number of hydrogen-bond acceptors (Lipinski definition) is 5. The molecular weight excluding hydrogens is 314 g/mol. The molecule has 1 aliphatic rings. The minimum absolute atomic E-state index is 0. The van der Waals surface area contributed by atoms with Gasteiger partial charge in [0.15, 0.2) is 0 Å². The minimum Gasteiger partial charge on any atom is -0.350 e. The van der Waals surface area contributed by atoms with Crippen molar-refractivity contribution in [1.29, 1.82) is 0 Å². The number of carbonyl (C=O) groups is 1. The Morgan fingerprint density at radius 3 is 2.90 bits per heavy atom. The van der Waals surface area contributed by atoms with Crippen molar-refractivity contribution in [2.24, 2.45) is 0 Å². The Labute approximate surface area is 133 Å². The van der Waals surface area contributed by atoms with Gasteiger partial charge in [0.25, 0.3) is 11.6 Å². The largest absolute Gasteiger partial charge is 0.350 e. The third-order valence-corrected chi connectivity index (χ3v) is 4.09. The molecule has 1 amide bonds. The Kier molecular flexibility index (Phi) is 6.94. The van der Waals surface area contributed by atoms with Crippen molar-refractivity contribution in [2.75, 3.05) is 19.3 Å². The molecule has 1 unspecified atom stereocenters. The van der Waals surface area contributed by atoms with Gasteiger partial charge in [0.05, 0.1) is 9.82 Å². The second kappa shape index (κ2) is 8.21. The highest BCUT2D eigenvalue weighted by molar-refractivity contribution is 7.98. The molecule has 1 aliphatic heterocycles. The van der Waals surface area contributed by atoms with Crippen LogP contribution in [-0.2, 0) is 0 Å². The Morgan fingerprint density at radius 2 is 2.33 bits per heavy atom. The van der Waals surface area contributed by atoms with Crippen LogP contribution in [0.15, 0.2) is 23.1 Å². The zero-order chi connectivity index (χ0) is 14.5. The number of nitro groups is 1. The van der Waals surface area contributed by atoms with Gasteiger partial charge in [-0.05, 0) is 37.8 Å². The van der Waals surface area contributed by atoms with Crippen LogP contribution in [0.5, 0.6) is 0 Å². The van der Waals surface area contributed by atoms with Gasteiger partial charge in [0.2, 0.25) is 0 Å². The van der Waals surface area contributed by atoms with Gasteiger partial charge in [0, 0.05) is 24.2 Å². The highest BCUT2D eigenvalue weighted by Gasteiger charge is 2.18. The molecule has 0 aliphatic carbocycles. The van der Waals surface area contributed by atoms with Gasteiger partial charge in [-0.3, -0.25) is 14.9 Å². The fraction of sp³-hybridized carbons (Fsp3) is 0.462. The van der Waals surface area contributed by atoms with Crippen molar-refractivity contribution in [3.05, 3.63) is 33.9 Å². The SMILES string of the molecule is CSc1ccc(C(=O)NCC2CCCN2)cc1[N+](=O)[O-].Cl. The number of hydrogen-bond donors (Lipinski definition) is 2. The van der Waals surface area contributed by atoms with Gasteiger partial charge in [0.1, 0.15) is 0 Å². The summed E-state index contributed by atoms with van der Waals surface area (Å²) in [6.45, 7) is 1.53. The predicted molar refractivity (Wildman–Crippen MR) is 85.5 cm³/mol. The highest BCUT2D eigenvalue weighted by atomic mass is 35.5. The maximum Gasteiger partial charge on any atom is 0.283 e. The fourth-order valence-electron chi connectivity index (χ4n) is 2.22. The Hall–Kier alpha value is -1.31. The molecule has 1 atom stereocenters. The molecule has 0 saturated carbocycles. The molecule has 0 aromatic heterocycles. The molecule has 1 aromatic rings. The van der Waals surface area contributed by atoms with Gasteiger partial charge >= 0.3 is 0 Å². The van der Waals surface area contributed by atoms with Crippen molar-refractivity contribution < 1.29 is 9.72 Å². The van der Waals surface area contributed by atoms with Crippen LogP contribution in [-0.4, -0.2) is 36.2 Å². The van der Waals surface area contributed by atoms with E-state index in [-0.39, 0.29) is 24.0 Å². The smallest absolute Gasteiger partial charge is 0.283 e. The standard InChI is InChI=1S/C13H17N3O3S.ClH/c1-20-12-5-4-9(7-11(12)16(18)19)13(17)15-8-10-3-2-6-14-10;/h4-5,7,10,14H,2-3,6,8H2,1H3,(H,15,17);1H. The van der Waals surface area contributed by atoms with Gasteiger partial charge in [-0.25, -0.2) is 0 Å². The van der Waals surface area contributed by atoms with Gasteiger partial charge in [-0.1, -0.05) is 0 Å². The van der Waals surface area contributed by atoms with Crippen molar-refractivity contribution >= 4 is 35.8 Å². The van der Waals surface area contributed by atoms with Crippen molar-refractivity contribution in [3.8, 4) is 0 Å². The van der Waals surface area contributed by atoms with Crippen molar-refractivity contribution in [1.82, 2.24) is 10.6 Å². The third-order valence-electron chi connectivity index (χ3n) is 3.31. The molecule has 21 heavy (non-hydrogen) atoms. The maximum absolute atomic E-state index is 12.0. The van der Waals surface area contributed by atoms with E-state index in [2.05, 4.69) is 10.6 Å². The Balaban J connectivity index is 0.00000220. The molecule has 1 heterocycles. The summed E-state index contributed by atoms with van der Waals surface area (Å²) < 4.78 is 0. The summed E-state index contributed by atoms with van der Waals surface area (Å²) >= 11 is 1.29. The van der Waals surface area contributed by atoms with E-state index in [9.17, 15) is 14.9 Å². The van der Waals surface area contributed by atoms with E-state index in [0.29, 0.717) is 23.0 Å². The van der Waals surface area contributed by atoms with E-state index in [1.54, 1.807) is 18.4 Å². The summed E-state index contributed by atoms with van der Waals surface area (Å²) in [6.07, 6.45) is 3.94. The van der Waals surface area contributed by atoms with E-state index in [1.165, 1.54) is 17.8 Å². The summed E-state index contributed by atoms with van der Waals surface area (Å²) in [5, 5.41) is 17.1. The van der Waals surface area contributed by atoms with Crippen LogP contribution in [0.3, 0.4) is 0 Å². The predicted octanol–water partition coefficient (Wildman–Crippen LogP) is 2.22. The molecular formula is C13H18ClN3O3S. The van der Waals surface area contributed by atoms with Crippen LogP contribution in [0.2, 0.25) is 0 Å². The number of amides is 1. The van der Waals surface area contributed by atoms with Crippen LogP contribution < -0.4 is 10.6 Å². The monoisotopic (exact) mass is 331 g/mol. The van der Waals surface area contributed by atoms with E-state index in [0.717, 1.165) is 19.4 Å². The molecule has 8 heteroatoms. The zero-order valence-electron chi connectivity index (χ0n) is 11.6. The van der Waals surface area contributed by atoms with Gasteiger partial charge in [-0.2, -0.15) is 0 Å². The number of nitro benzene ring substituents is 1. The minimum atomic E-state index is -0.457. The molecule has 0 radical (unpaired) electrons. The lowest BCUT2D eigenvalue weighted by Crippen LogP contribution is -2.37. The lowest BCUT2D eigenvalue weighted by molar-refractivity contribution is -0.387. The number of benzene rings is 1. The first-order valence-electron chi connectivity index (χ1n) is 6.46. The lowest BCUT2D eigenvalue weighted by atomic mass is 10.1. The third kappa shape index (κ3) is 4.59. The highest BCUT2D eigenvalue weighted by Crippen LogP contribution is 2.28. The normalized spacial score (nSPS) is 17.1. The fourth-order valence-corrected chi connectivity index (χ4v) is 2.77. The van der Waals surface area contributed by atoms with Crippen LogP contribution >= 0.6 is 24.2 Å². The summed E-state index contributed by atoms with van der Waals surface area (Å²) in [4.78, 5) is 23.1. The molecule has 0 spiro atoms.